The SMILES string of the molecule is Cn1c(SCC(=O)NC2CCCC2)nnc1-c1ccc(OC(F)F)cc1. The van der Waals surface area contributed by atoms with Crippen molar-refractivity contribution in [1.82, 2.24) is 20.1 Å². The van der Waals surface area contributed by atoms with Crippen LogP contribution in [0.3, 0.4) is 0 Å². The van der Waals surface area contributed by atoms with Gasteiger partial charge in [-0.3, -0.25) is 4.79 Å². The maximum absolute atomic E-state index is 12.2. The molecule has 1 saturated carbocycles. The standard InChI is InChI=1S/C17H20F2N4O2S/c1-23-15(11-6-8-13(9-7-11)25-16(18)19)21-22-17(23)26-10-14(24)20-12-4-2-3-5-12/h6-9,12,16H,2-5,10H2,1H3,(H,20,24). The Labute approximate surface area is 154 Å². The number of nitrogens with zero attached hydrogens (tertiary/aromatic N) is 3. The van der Waals surface area contributed by atoms with E-state index in [0.29, 0.717) is 17.0 Å². The van der Waals surface area contributed by atoms with Gasteiger partial charge >= 0.3 is 6.61 Å². The molecule has 1 fully saturated rings. The van der Waals surface area contributed by atoms with Crippen LogP contribution in [-0.4, -0.2) is 39.1 Å². The highest BCUT2D eigenvalue weighted by molar-refractivity contribution is 7.99. The smallest absolute Gasteiger partial charge is 0.387 e. The van der Waals surface area contributed by atoms with Gasteiger partial charge in [0.25, 0.3) is 0 Å². The number of benzene rings is 1. The van der Waals surface area contributed by atoms with E-state index in [4.69, 9.17) is 0 Å². The number of alkyl halides is 2. The third kappa shape index (κ3) is 4.72. The number of thioether (sulfide) groups is 1. The summed E-state index contributed by atoms with van der Waals surface area (Å²) in [6, 6.07) is 6.49. The zero-order valence-electron chi connectivity index (χ0n) is 14.3. The lowest BCUT2D eigenvalue weighted by atomic mass is 10.2. The van der Waals surface area contributed by atoms with E-state index in [1.807, 2.05) is 0 Å². The number of aromatic nitrogens is 3. The van der Waals surface area contributed by atoms with Crippen LogP contribution in [0.15, 0.2) is 29.4 Å². The highest BCUT2D eigenvalue weighted by atomic mass is 32.2. The molecule has 26 heavy (non-hydrogen) atoms. The summed E-state index contributed by atoms with van der Waals surface area (Å²) in [6.45, 7) is -2.85. The number of ether oxygens (including phenoxy) is 1. The first-order valence-electron chi connectivity index (χ1n) is 8.39. The first-order valence-corrected chi connectivity index (χ1v) is 9.38. The molecular formula is C17H20F2N4O2S. The van der Waals surface area contributed by atoms with Crippen LogP contribution < -0.4 is 10.1 Å². The van der Waals surface area contributed by atoms with Crippen LogP contribution in [0.2, 0.25) is 0 Å². The van der Waals surface area contributed by atoms with Crippen LogP contribution in [0.25, 0.3) is 11.4 Å². The van der Waals surface area contributed by atoms with Gasteiger partial charge in [0.15, 0.2) is 11.0 Å². The van der Waals surface area contributed by atoms with Crippen molar-refractivity contribution in [2.75, 3.05) is 5.75 Å². The van der Waals surface area contributed by atoms with Crippen molar-refractivity contribution >= 4 is 17.7 Å². The zero-order chi connectivity index (χ0) is 18.5. The van der Waals surface area contributed by atoms with Crippen molar-refractivity contribution in [1.29, 1.82) is 0 Å². The van der Waals surface area contributed by atoms with Crippen LogP contribution >= 0.6 is 11.8 Å². The van der Waals surface area contributed by atoms with E-state index in [1.165, 1.54) is 36.7 Å². The fourth-order valence-electron chi connectivity index (χ4n) is 2.95. The van der Waals surface area contributed by atoms with Gasteiger partial charge < -0.3 is 14.6 Å². The fourth-order valence-corrected chi connectivity index (χ4v) is 3.67. The second-order valence-corrected chi connectivity index (χ2v) is 7.05. The minimum Gasteiger partial charge on any atom is -0.435 e. The van der Waals surface area contributed by atoms with E-state index in [-0.39, 0.29) is 17.4 Å². The van der Waals surface area contributed by atoms with E-state index in [1.54, 1.807) is 23.7 Å². The molecule has 1 aliphatic rings. The summed E-state index contributed by atoms with van der Waals surface area (Å²) in [5.74, 6) is 0.959. The fraction of sp³-hybridized carbons (Fsp3) is 0.471. The topological polar surface area (TPSA) is 69.0 Å². The van der Waals surface area contributed by atoms with Gasteiger partial charge in [-0.2, -0.15) is 8.78 Å². The Kier molecular flexibility index (Phi) is 6.08. The summed E-state index contributed by atoms with van der Waals surface area (Å²) in [6.07, 6.45) is 4.45. The summed E-state index contributed by atoms with van der Waals surface area (Å²) < 4.78 is 30.5. The molecule has 9 heteroatoms. The van der Waals surface area contributed by atoms with E-state index < -0.39 is 6.61 Å². The molecule has 0 unspecified atom stereocenters. The first kappa shape index (κ1) is 18.6. The quantitative estimate of drug-likeness (QED) is 0.745. The molecule has 0 aliphatic heterocycles. The normalized spacial score (nSPS) is 14.8. The maximum Gasteiger partial charge on any atom is 0.387 e. The Morgan fingerprint density at radius 3 is 2.65 bits per heavy atom. The maximum atomic E-state index is 12.2. The summed E-state index contributed by atoms with van der Waals surface area (Å²) in [5.41, 5.74) is 0.726. The number of amides is 1. The van der Waals surface area contributed by atoms with Crippen LogP contribution in [0, 0.1) is 0 Å². The average Bonchev–Trinajstić information content (AvgIpc) is 3.23. The molecule has 1 aromatic heterocycles. The van der Waals surface area contributed by atoms with Crippen LogP contribution in [-0.2, 0) is 11.8 Å². The lowest BCUT2D eigenvalue weighted by Crippen LogP contribution is -2.33. The van der Waals surface area contributed by atoms with Crippen molar-refractivity contribution in [2.24, 2.45) is 7.05 Å². The number of carbonyl (C=O) groups is 1. The van der Waals surface area contributed by atoms with Gasteiger partial charge in [-0.25, -0.2) is 0 Å². The molecule has 0 radical (unpaired) electrons. The molecule has 140 valence electrons. The highest BCUT2D eigenvalue weighted by Crippen LogP contribution is 2.25. The van der Waals surface area contributed by atoms with Gasteiger partial charge in [0.05, 0.1) is 5.75 Å². The number of hydrogen-bond donors (Lipinski definition) is 1. The Balaban J connectivity index is 1.59. The molecule has 0 spiro atoms. The third-order valence-corrected chi connectivity index (χ3v) is 5.25. The molecule has 0 atom stereocenters. The first-order chi connectivity index (χ1) is 12.5. The van der Waals surface area contributed by atoms with Gasteiger partial charge in [0.1, 0.15) is 5.75 Å². The largest absolute Gasteiger partial charge is 0.435 e. The molecule has 0 saturated heterocycles. The van der Waals surface area contributed by atoms with Crippen LogP contribution in [0.4, 0.5) is 8.78 Å². The van der Waals surface area contributed by atoms with Crippen molar-refractivity contribution in [3.63, 3.8) is 0 Å². The number of halogens is 2. The lowest BCUT2D eigenvalue weighted by Gasteiger charge is -2.11. The number of carbonyl (C=O) groups excluding carboxylic acids is 1. The highest BCUT2D eigenvalue weighted by Gasteiger charge is 2.18. The molecule has 6 nitrogen and oxygen atoms in total. The summed E-state index contributed by atoms with van der Waals surface area (Å²) in [5, 5.41) is 11.9. The van der Waals surface area contributed by atoms with Crippen molar-refractivity contribution < 1.29 is 18.3 Å². The Morgan fingerprint density at radius 2 is 2.00 bits per heavy atom. The van der Waals surface area contributed by atoms with Gasteiger partial charge in [-0.05, 0) is 37.1 Å². The average molecular weight is 382 g/mol. The van der Waals surface area contributed by atoms with Gasteiger partial charge in [-0.15, -0.1) is 10.2 Å². The van der Waals surface area contributed by atoms with Crippen LogP contribution in [0.1, 0.15) is 25.7 Å². The molecular weight excluding hydrogens is 362 g/mol. The second-order valence-electron chi connectivity index (χ2n) is 6.11. The molecule has 1 heterocycles. The Morgan fingerprint density at radius 1 is 1.31 bits per heavy atom. The van der Waals surface area contributed by atoms with E-state index in [2.05, 4.69) is 20.3 Å². The molecule has 1 N–H and O–H groups in total. The predicted molar refractivity (Wildman–Crippen MR) is 94.2 cm³/mol. The minimum absolute atomic E-state index is 0.0000456. The summed E-state index contributed by atoms with van der Waals surface area (Å²) >= 11 is 1.32. The monoisotopic (exact) mass is 382 g/mol. The molecule has 2 aromatic rings. The lowest BCUT2D eigenvalue weighted by molar-refractivity contribution is -0.119. The molecule has 0 bridgehead atoms. The zero-order valence-corrected chi connectivity index (χ0v) is 15.1. The van der Waals surface area contributed by atoms with Gasteiger partial charge in [0, 0.05) is 18.7 Å². The number of hydrogen-bond acceptors (Lipinski definition) is 5. The van der Waals surface area contributed by atoms with Gasteiger partial charge in [-0.1, -0.05) is 24.6 Å². The molecule has 1 aromatic carbocycles. The number of rotatable bonds is 7. The van der Waals surface area contributed by atoms with Crippen molar-refractivity contribution in [2.45, 2.75) is 43.5 Å². The van der Waals surface area contributed by atoms with E-state index in [0.717, 1.165) is 18.4 Å². The number of nitrogens with one attached hydrogen (secondary N) is 1. The summed E-state index contributed by atoms with van der Waals surface area (Å²) in [4.78, 5) is 12.0. The van der Waals surface area contributed by atoms with Gasteiger partial charge in [0.2, 0.25) is 5.91 Å². The van der Waals surface area contributed by atoms with Crippen molar-refractivity contribution in [3.8, 4) is 17.1 Å². The Hall–Kier alpha value is -2.16. The van der Waals surface area contributed by atoms with E-state index in [9.17, 15) is 13.6 Å². The molecule has 1 aliphatic carbocycles. The second kappa shape index (κ2) is 8.48. The Bertz CT molecular complexity index is 746. The van der Waals surface area contributed by atoms with Crippen molar-refractivity contribution in [3.05, 3.63) is 24.3 Å². The van der Waals surface area contributed by atoms with Crippen LogP contribution in [0.5, 0.6) is 5.75 Å². The molecule has 3 rings (SSSR count). The predicted octanol–water partition coefficient (Wildman–Crippen LogP) is 3.23. The molecule has 1 amide bonds. The summed E-state index contributed by atoms with van der Waals surface area (Å²) in [7, 11) is 1.80. The third-order valence-electron chi connectivity index (χ3n) is 4.23. The minimum atomic E-state index is -2.85. The van der Waals surface area contributed by atoms with E-state index >= 15 is 0 Å².